The predicted molar refractivity (Wildman–Crippen MR) is 73.7 cm³/mol. The first-order valence-corrected chi connectivity index (χ1v) is 6.67. The Labute approximate surface area is 118 Å². The zero-order valence-electron chi connectivity index (χ0n) is 10.0. The van der Waals surface area contributed by atoms with Crippen LogP contribution in [-0.2, 0) is 11.3 Å². The number of hydrogen-bond donors (Lipinski definition) is 2. The van der Waals surface area contributed by atoms with Gasteiger partial charge in [0.15, 0.2) is 0 Å². The van der Waals surface area contributed by atoms with Crippen molar-refractivity contribution < 1.29 is 19.7 Å². The van der Waals surface area contributed by atoms with Gasteiger partial charge in [-0.25, -0.2) is 4.79 Å². The number of esters is 1. The molecular weight excluding hydrogens is 288 g/mol. The highest BCUT2D eigenvalue weighted by Gasteiger charge is 2.17. The molecule has 0 fully saturated rings. The fourth-order valence-electron chi connectivity index (χ4n) is 1.73. The molecule has 0 atom stereocenters. The van der Waals surface area contributed by atoms with E-state index in [1.54, 1.807) is 10.8 Å². The van der Waals surface area contributed by atoms with E-state index in [0.29, 0.717) is 16.7 Å². The number of aliphatic hydroxyl groups is 1. The minimum Gasteiger partial charge on any atom is -0.507 e. The molecule has 0 aliphatic rings. The Kier molecular flexibility index (Phi) is 4.09. The van der Waals surface area contributed by atoms with Gasteiger partial charge in [-0.15, -0.1) is 0 Å². The van der Waals surface area contributed by atoms with Gasteiger partial charge >= 0.3 is 5.97 Å². The predicted octanol–water partition coefficient (Wildman–Crippen LogP) is 3.05. The number of methoxy groups -OCH3 is 1. The highest BCUT2D eigenvalue weighted by atomic mass is 35.5. The number of carbonyl (C=O) groups excluding carboxylic acids is 1. The smallest absolute Gasteiger partial charge is 0.339 e. The normalized spacial score (nSPS) is 10.5. The molecule has 2 rings (SSSR count). The summed E-state index contributed by atoms with van der Waals surface area (Å²) in [5.41, 5.74) is 1.97. The molecule has 1 heterocycles. The lowest BCUT2D eigenvalue weighted by Crippen LogP contribution is -2.02. The Bertz CT molecular complexity index is 621. The lowest BCUT2D eigenvalue weighted by atomic mass is 10.0. The van der Waals surface area contributed by atoms with Crippen LogP contribution >= 0.6 is 22.9 Å². The molecule has 2 N–H and O–H groups in total. The highest BCUT2D eigenvalue weighted by molar-refractivity contribution is 7.08. The van der Waals surface area contributed by atoms with Crippen molar-refractivity contribution in [2.24, 2.45) is 0 Å². The van der Waals surface area contributed by atoms with Gasteiger partial charge in [0.1, 0.15) is 5.75 Å². The molecule has 0 spiro atoms. The first-order valence-electron chi connectivity index (χ1n) is 5.35. The van der Waals surface area contributed by atoms with Crippen LogP contribution in [0.5, 0.6) is 5.75 Å². The van der Waals surface area contributed by atoms with Crippen LogP contribution in [0.1, 0.15) is 15.9 Å². The summed E-state index contributed by atoms with van der Waals surface area (Å²) in [5.74, 6) is -0.627. The summed E-state index contributed by atoms with van der Waals surface area (Å²) in [6.45, 7) is -0.144. The van der Waals surface area contributed by atoms with E-state index in [1.165, 1.54) is 30.6 Å². The van der Waals surface area contributed by atoms with Gasteiger partial charge in [0, 0.05) is 17.2 Å². The van der Waals surface area contributed by atoms with Gasteiger partial charge in [-0.2, -0.15) is 11.3 Å². The van der Waals surface area contributed by atoms with Crippen molar-refractivity contribution in [3.63, 3.8) is 0 Å². The molecule has 19 heavy (non-hydrogen) atoms. The van der Waals surface area contributed by atoms with Crippen LogP contribution in [0, 0.1) is 0 Å². The van der Waals surface area contributed by atoms with Crippen LogP contribution in [0.15, 0.2) is 22.9 Å². The molecule has 0 amide bonds. The van der Waals surface area contributed by atoms with E-state index in [9.17, 15) is 15.0 Å². The maximum absolute atomic E-state index is 11.6. The number of benzene rings is 1. The molecule has 4 nitrogen and oxygen atoms in total. The number of hydrogen-bond acceptors (Lipinski definition) is 5. The Morgan fingerprint density at radius 1 is 1.37 bits per heavy atom. The van der Waals surface area contributed by atoms with E-state index in [2.05, 4.69) is 4.74 Å². The number of carbonyl (C=O) groups is 1. The van der Waals surface area contributed by atoms with E-state index in [0.717, 1.165) is 0 Å². The molecule has 1 aromatic heterocycles. The van der Waals surface area contributed by atoms with Gasteiger partial charge in [-0.05, 0) is 22.4 Å². The number of aliphatic hydroxyl groups excluding tert-OH is 1. The average Bonchev–Trinajstić information content (AvgIpc) is 2.86. The third kappa shape index (κ3) is 2.58. The van der Waals surface area contributed by atoms with E-state index in [4.69, 9.17) is 11.6 Å². The zero-order chi connectivity index (χ0) is 14.0. The van der Waals surface area contributed by atoms with Crippen LogP contribution in [0.3, 0.4) is 0 Å². The number of aromatic hydroxyl groups is 1. The molecular formula is C13H11ClO4S. The van der Waals surface area contributed by atoms with Crippen LogP contribution in [0.25, 0.3) is 11.1 Å². The summed E-state index contributed by atoms with van der Waals surface area (Å²) >= 11 is 7.30. The largest absolute Gasteiger partial charge is 0.507 e. The summed E-state index contributed by atoms with van der Waals surface area (Å²) in [6, 6.07) is 2.76. The molecule has 1 aromatic carbocycles. The van der Waals surface area contributed by atoms with Crippen LogP contribution < -0.4 is 0 Å². The van der Waals surface area contributed by atoms with Crippen molar-refractivity contribution in [1.82, 2.24) is 0 Å². The Morgan fingerprint density at radius 3 is 2.74 bits per heavy atom. The third-order valence-corrected chi connectivity index (χ3v) is 3.80. The first kappa shape index (κ1) is 13.9. The average molecular weight is 299 g/mol. The summed E-state index contributed by atoms with van der Waals surface area (Å²) in [7, 11) is 1.26. The standard InChI is InChI=1S/C13H11ClO4S/c1-18-13(17)9-2-8(12(16)3-11(9)14)10-6-19-5-7(10)4-15/h2-3,5-6,15-16H,4H2,1H3. The Balaban J connectivity index is 2.61. The minimum absolute atomic E-state index is 0.0502. The molecule has 100 valence electrons. The number of ether oxygens (including phenoxy) is 1. The Morgan fingerprint density at radius 2 is 2.11 bits per heavy atom. The SMILES string of the molecule is COC(=O)c1cc(-c2cscc2CO)c(O)cc1Cl. The fraction of sp³-hybridized carbons (Fsp3) is 0.154. The molecule has 2 aromatic rings. The second-order valence-electron chi connectivity index (χ2n) is 3.81. The van der Waals surface area contributed by atoms with Crippen molar-refractivity contribution in [2.45, 2.75) is 6.61 Å². The van der Waals surface area contributed by atoms with E-state index in [-0.39, 0.29) is 22.9 Å². The quantitative estimate of drug-likeness (QED) is 0.855. The summed E-state index contributed by atoms with van der Waals surface area (Å²) in [5, 5.41) is 22.9. The van der Waals surface area contributed by atoms with Crippen molar-refractivity contribution in [1.29, 1.82) is 0 Å². The van der Waals surface area contributed by atoms with Gasteiger partial charge in [0.25, 0.3) is 0 Å². The molecule has 0 bridgehead atoms. The second kappa shape index (κ2) is 5.61. The highest BCUT2D eigenvalue weighted by Crippen LogP contribution is 2.37. The lowest BCUT2D eigenvalue weighted by molar-refractivity contribution is 0.0601. The van der Waals surface area contributed by atoms with Crippen molar-refractivity contribution >= 4 is 28.9 Å². The number of phenolic OH excluding ortho intramolecular Hbond substituents is 1. The molecule has 0 radical (unpaired) electrons. The zero-order valence-corrected chi connectivity index (χ0v) is 11.6. The second-order valence-corrected chi connectivity index (χ2v) is 4.96. The monoisotopic (exact) mass is 298 g/mol. The first-order chi connectivity index (χ1) is 9.08. The van der Waals surface area contributed by atoms with Crippen LogP contribution in [0.2, 0.25) is 5.02 Å². The van der Waals surface area contributed by atoms with Gasteiger partial charge in [-0.3, -0.25) is 0 Å². The van der Waals surface area contributed by atoms with E-state index < -0.39 is 5.97 Å². The maximum atomic E-state index is 11.6. The number of phenols is 1. The van der Waals surface area contributed by atoms with Crippen molar-refractivity contribution in [2.75, 3.05) is 7.11 Å². The molecule has 0 saturated heterocycles. The Hall–Kier alpha value is -1.56. The van der Waals surface area contributed by atoms with Crippen molar-refractivity contribution in [3.05, 3.63) is 39.0 Å². The van der Waals surface area contributed by atoms with Crippen molar-refractivity contribution in [3.8, 4) is 16.9 Å². The number of rotatable bonds is 3. The van der Waals surface area contributed by atoms with Crippen LogP contribution in [-0.4, -0.2) is 23.3 Å². The summed E-state index contributed by atoms with van der Waals surface area (Å²) in [6.07, 6.45) is 0. The maximum Gasteiger partial charge on any atom is 0.339 e. The molecule has 0 aliphatic heterocycles. The fourth-order valence-corrected chi connectivity index (χ4v) is 2.81. The topological polar surface area (TPSA) is 66.8 Å². The summed E-state index contributed by atoms with van der Waals surface area (Å²) < 4.78 is 4.63. The third-order valence-electron chi connectivity index (χ3n) is 2.69. The van der Waals surface area contributed by atoms with E-state index in [1.807, 2.05) is 0 Å². The number of halogens is 1. The molecule has 6 heteroatoms. The molecule has 0 saturated carbocycles. The molecule has 0 unspecified atom stereocenters. The van der Waals surface area contributed by atoms with Gasteiger partial charge in [-0.1, -0.05) is 11.6 Å². The van der Waals surface area contributed by atoms with Gasteiger partial charge in [0.05, 0.1) is 24.3 Å². The van der Waals surface area contributed by atoms with Crippen LogP contribution in [0.4, 0.5) is 0 Å². The van der Waals surface area contributed by atoms with Gasteiger partial charge < -0.3 is 14.9 Å². The molecule has 0 aliphatic carbocycles. The van der Waals surface area contributed by atoms with E-state index >= 15 is 0 Å². The minimum atomic E-state index is -0.577. The van der Waals surface area contributed by atoms with Gasteiger partial charge in [0.2, 0.25) is 0 Å². The summed E-state index contributed by atoms with van der Waals surface area (Å²) in [4.78, 5) is 11.6. The lowest BCUT2D eigenvalue weighted by Gasteiger charge is -2.09. The number of thiophene rings is 1.